The smallest absolute Gasteiger partial charge is 0.319 e. The molecule has 94 valence electrons. The van der Waals surface area contributed by atoms with Crippen molar-refractivity contribution in [2.75, 3.05) is 11.9 Å². The van der Waals surface area contributed by atoms with Crippen LogP contribution in [-0.4, -0.2) is 22.5 Å². The Morgan fingerprint density at radius 2 is 2.11 bits per heavy atom. The Morgan fingerprint density at radius 1 is 1.33 bits per heavy atom. The second-order valence-electron chi connectivity index (χ2n) is 3.67. The van der Waals surface area contributed by atoms with Crippen LogP contribution in [0.15, 0.2) is 36.7 Å². The molecule has 2 rings (SSSR count). The summed E-state index contributed by atoms with van der Waals surface area (Å²) >= 11 is 0. The highest BCUT2D eigenvalue weighted by Gasteiger charge is 2.01. The third kappa shape index (κ3) is 3.58. The number of carbonyl (C=O) groups is 1. The van der Waals surface area contributed by atoms with E-state index in [0.717, 1.165) is 5.82 Å². The molecule has 5 nitrogen and oxygen atoms in total. The van der Waals surface area contributed by atoms with Crippen molar-refractivity contribution in [3.63, 3.8) is 0 Å². The van der Waals surface area contributed by atoms with E-state index in [1.54, 1.807) is 12.4 Å². The molecule has 6 heteroatoms. The van der Waals surface area contributed by atoms with Crippen molar-refractivity contribution in [2.45, 2.75) is 6.42 Å². The summed E-state index contributed by atoms with van der Waals surface area (Å²) in [6.07, 6.45) is 4.02. The number of aromatic amines is 1. The average molecular weight is 248 g/mol. The molecule has 18 heavy (non-hydrogen) atoms. The average Bonchev–Trinajstić information content (AvgIpc) is 2.85. The zero-order chi connectivity index (χ0) is 12.8. The van der Waals surface area contributed by atoms with Crippen LogP contribution in [-0.2, 0) is 6.42 Å². The number of imidazole rings is 1. The van der Waals surface area contributed by atoms with Gasteiger partial charge in [-0.05, 0) is 24.3 Å². The molecule has 2 aromatic rings. The van der Waals surface area contributed by atoms with Crippen LogP contribution in [0.4, 0.5) is 14.9 Å². The second-order valence-corrected chi connectivity index (χ2v) is 3.67. The minimum Gasteiger partial charge on any atom is -0.349 e. The Kier molecular flexibility index (Phi) is 3.90. The number of halogens is 1. The van der Waals surface area contributed by atoms with Crippen molar-refractivity contribution in [3.8, 4) is 0 Å². The standard InChI is InChI=1S/C12H13FN4O/c13-9-1-3-10(4-2-9)17-12(18)16-6-5-11-14-7-8-15-11/h1-4,7-8H,5-6H2,(H,14,15)(H2,16,17,18). The zero-order valence-electron chi connectivity index (χ0n) is 9.61. The van der Waals surface area contributed by atoms with E-state index >= 15 is 0 Å². The van der Waals surface area contributed by atoms with Crippen molar-refractivity contribution < 1.29 is 9.18 Å². The molecule has 0 saturated carbocycles. The van der Waals surface area contributed by atoms with E-state index in [4.69, 9.17) is 0 Å². The lowest BCUT2D eigenvalue weighted by Crippen LogP contribution is -2.30. The molecule has 0 aliphatic heterocycles. The fourth-order valence-corrected chi connectivity index (χ4v) is 1.44. The highest BCUT2D eigenvalue weighted by atomic mass is 19.1. The van der Waals surface area contributed by atoms with Crippen LogP contribution in [0.5, 0.6) is 0 Å². The molecule has 0 aliphatic carbocycles. The Morgan fingerprint density at radius 3 is 2.78 bits per heavy atom. The number of H-pyrrole nitrogens is 1. The first-order valence-electron chi connectivity index (χ1n) is 5.53. The normalized spacial score (nSPS) is 10.1. The van der Waals surface area contributed by atoms with E-state index in [1.807, 2.05) is 0 Å². The molecule has 0 fully saturated rings. The number of nitrogens with one attached hydrogen (secondary N) is 3. The number of nitrogens with zero attached hydrogens (tertiary/aromatic N) is 1. The molecule has 1 heterocycles. The highest BCUT2D eigenvalue weighted by Crippen LogP contribution is 2.07. The lowest BCUT2D eigenvalue weighted by molar-refractivity contribution is 0.252. The lowest BCUT2D eigenvalue weighted by atomic mass is 10.3. The minimum absolute atomic E-state index is 0.326. The molecule has 1 aromatic carbocycles. The quantitative estimate of drug-likeness (QED) is 0.773. The summed E-state index contributed by atoms with van der Waals surface area (Å²) in [6, 6.07) is 5.26. The molecule has 0 spiro atoms. The minimum atomic E-state index is -0.334. The Balaban J connectivity index is 1.73. The van der Waals surface area contributed by atoms with Gasteiger partial charge in [-0.2, -0.15) is 0 Å². The van der Waals surface area contributed by atoms with Gasteiger partial charge in [0.1, 0.15) is 11.6 Å². The largest absolute Gasteiger partial charge is 0.349 e. The monoisotopic (exact) mass is 248 g/mol. The molecule has 0 atom stereocenters. The topological polar surface area (TPSA) is 69.8 Å². The van der Waals surface area contributed by atoms with Crippen molar-refractivity contribution in [1.82, 2.24) is 15.3 Å². The van der Waals surface area contributed by atoms with E-state index in [2.05, 4.69) is 20.6 Å². The van der Waals surface area contributed by atoms with E-state index in [0.29, 0.717) is 18.7 Å². The van der Waals surface area contributed by atoms with Gasteiger partial charge in [0, 0.05) is 31.0 Å². The van der Waals surface area contributed by atoms with Gasteiger partial charge >= 0.3 is 6.03 Å². The van der Waals surface area contributed by atoms with Gasteiger partial charge in [-0.15, -0.1) is 0 Å². The van der Waals surface area contributed by atoms with Gasteiger partial charge in [0.25, 0.3) is 0 Å². The van der Waals surface area contributed by atoms with E-state index in [9.17, 15) is 9.18 Å². The Labute approximate surface area is 103 Å². The number of benzene rings is 1. The summed E-state index contributed by atoms with van der Waals surface area (Å²) in [5, 5.41) is 5.28. The first-order valence-corrected chi connectivity index (χ1v) is 5.53. The highest BCUT2D eigenvalue weighted by molar-refractivity contribution is 5.89. The second kappa shape index (κ2) is 5.81. The van der Waals surface area contributed by atoms with Crippen LogP contribution in [0.3, 0.4) is 0 Å². The lowest BCUT2D eigenvalue weighted by Gasteiger charge is -2.06. The van der Waals surface area contributed by atoms with Crippen LogP contribution in [0.2, 0.25) is 0 Å². The molecule has 0 bridgehead atoms. The van der Waals surface area contributed by atoms with E-state index in [1.165, 1.54) is 24.3 Å². The SMILES string of the molecule is O=C(NCCc1ncc[nH]1)Nc1ccc(F)cc1. The number of hydrogen-bond donors (Lipinski definition) is 3. The number of urea groups is 1. The maximum absolute atomic E-state index is 12.6. The van der Waals surface area contributed by atoms with Crippen molar-refractivity contribution >= 4 is 11.7 Å². The zero-order valence-corrected chi connectivity index (χ0v) is 9.61. The Bertz CT molecular complexity index is 495. The van der Waals surface area contributed by atoms with Gasteiger partial charge in [0.05, 0.1) is 0 Å². The molecule has 1 aromatic heterocycles. The number of rotatable bonds is 4. The van der Waals surface area contributed by atoms with Crippen LogP contribution in [0.25, 0.3) is 0 Å². The van der Waals surface area contributed by atoms with Gasteiger partial charge < -0.3 is 15.6 Å². The third-order valence-corrected chi connectivity index (χ3v) is 2.30. The van der Waals surface area contributed by atoms with Gasteiger partial charge in [0.2, 0.25) is 0 Å². The first-order chi connectivity index (χ1) is 8.74. The maximum Gasteiger partial charge on any atom is 0.319 e. The van der Waals surface area contributed by atoms with Gasteiger partial charge in [-0.3, -0.25) is 0 Å². The van der Waals surface area contributed by atoms with E-state index in [-0.39, 0.29) is 11.8 Å². The summed E-state index contributed by atoms with van der Waals surface area (Å²) in [5.41, 5.74) is 0.548. The van der Waals surface area contributed by atoms with Crippen molar-refractivity contribution in [3.05, 3.63) is 48.3 Å². The molecule has 0 aliphatic rings. The van der Waals surface area contributed by atoms with Crippen molar-refractivity contribution in [2.24, 2.45) is 0 Å². The first kappa shape index (κ1) is 12.1. The van der Waals surface area contributed by atoms with Crippen LogP contribution in [0, 0.1) is 5.82 Å². The fraction of sp³-hybridized carbons (Fsp3) is 0.167. The molecule has 2 amide bonds. The number of amides is 2. The number of carbonyl (C=O) groups excluding carboxylic acids is 1. The predicted octanol–water partition coefficient (Wildman–Crippen LogP) is 1.91. The summed E-state index contributed by atoms with van der Waals surface area (Å²) in [7, 11) is 0. The molecule has 3 N–H and O–H groups in total. The number of hydrogen-bond acceptors (Lipinski definition) is 2. The summed E-state index contributed by atoms with van der Waals surface area (Å²) in [4.78, 5) is 18.5. The molecular formula is C12H13FN4O. The summed E-state index contributed by atoms with van der Waals surface area (Å²) in [5.74, 6) is 0.482. The summed E-state index contributed by atoms with van der Waals surface area (Å²) < 4.78 is 12.6. The summed E-state index contributed by atoms with van der Waals surface area (Å²) in [6.45, 7) is 0.473. The van der Waals surface area contributed by atoms with Gasteiger partial charge in [0.15, 0.2) is 0 Å². The fourth-order valence-electron chi connectivity index (χ4n) is 1.44. The molecule has 0 unspecified atom stereocenters. The molecular weight excluding hydrogens is 235 g/mol. The molecule has 0 saturated heterocycles. The van der Waals surface area contributed by atoms with Crippen molar-refractivity contribution in [1.29, 1.82) is 0 Å². The molecule has 0 radical (unpaired) electrons. The number of aromatic nitrogens is 2. The van der Waals surface area contributed by atoms with E-state index < -0.39 is 0 Å². The van der Waals surface area contributed by atoms with Gasteiger partial charge in [-0.25, -0.2) is 14.2 Å². The van der Waals surface area contributed by atoms with Crippen LogP contribution >= 0.6 is 0 Å². The van der Waals surface area contributed by atoms with Gasteiger partial charge in [-0.1, -0.05) is 0 Å². The predicted molar refractivity (Wildman–Crippen MR) is 65.7 cm³/mol. The van der Waals surface area contributed by atoms with Crippen LogP contribution in [0.1, 0.15) is 5.82 Å². The third-order valence-electron chi connectivity index (χ3n) is 2.30. The maximum atomic E-state index is 12.6. The Hall–Kier alpha value is -2.37. The van der Waals surface area contributed by atoms with Crippen LogP contribution < -0.4 is 10.6 Å². The number of anilines is 1.